The van der Waals surface area contributed by atoms with Gasteiger partial charge in [-0.1, -0.05) is 0 Å². The summed E-state index contributed by atoms with van der Waals surface area (Å²) in [7, 11) is 0. The number of rotatable bonds is 5. The number of carbonyl (C=O) groups excluding carboxylic acids is 1. The van der Waals surface area contributed by atoms with Crippen molar-refractivity contribution in [3.05, 3.63) is 0 Å². The summed E-state index contributed by atoms with van der Waals surface area (Å²) in [5, 5.41) is 9.03. The van der Waals surface area contributed by atoms with Gasteiger partial charge in [-0.15, -0.1) is 0 Å². The van der Waals surface area contributed by atoms with Gasteiger partial charge in [-0.25, -0.2) is 0 Å². The van der Waals surface area contributed by atoms with Gasteiger partial charge in [0.15, 0.2) is 0 Å². The predicted molar refractivity (Wildman–Crippen MR) is 73.4 cm³/mol. The second-order valence-corrected chi connectivity index (χ2v) is 5.86. The van der Waals surface area contributed by atoms with E-state index in [0.29, 0.717) is 13.1 Å². The van der Waals surface area contributed by atoms with Gasteiger partial charge in [0.2, 0.25) is 5.91 Å². The Hall–Kier alpha value is -1.14. The maximum atomic E-state index is 12.5. The van der Waals surface area contributed by atoms with Crippen molar-refractivity contribution in [2.24, 2.45) is 0 Å². The molecule has 2 aliphatic rings. The van der Waals surface area contributed by atoms with Crippen LogP contribution < -0.4 is 0 Å². The number of hydrogen-bond donors (Lipinski definition) is 1. The van der Waals surface area contributed by atoms with E-state index in [2.05, 4.69) is 0 Å². The van der Waals surface area contributed by atoms with Crippen LogP contribution in [-0.2, 0) is 14.3 Å². The van der Waals surface area contributed by atoms with Gasteiger partial charge in [0, 0.05) is 32.3 Å². The Balaban J connectivity index is 2.02. The van der Waals surface area contributed by atoms with E-state index in [4.69, 9.17) is 9.84 Å². The molecule has 0 aromatic rings. The minimum absolute atomic E-state index is 0.0668. The minimum Gasteiger partial charge on any atom is -0.481 e. The van der Waals surface area contributed by atoms with Crippen molar-refractivity contribution >= 4 is 11.9 Å². The first-order valence-electron chi connectivity index (χ1n) is 7.37. The first-order chi connectivity index (χ1) is 9.49. The summed E-state index contributed by atoms with van der Waals surface area (Å²) >= 11 is 0. The van der Waals surface area contributed by atoms with Crippen LogP contribution in [0.5, 0.6) is 0 Å². The zero-order chi connectivity index (χ0) is 14.7. The number of hydrogen-bond acceptors (Lipinski definition) is 4. The molecule has 0 saturated carbocycles. The number of aliphatic carboxylic acids is 1. The fourth-order valence-electron chi connectivity index (χ4n) is 3.06. The van der Waals surface area contributed by atoms with Gasteiger partial charge in [0.05, 0.1) is 12.5 Å². The van der Waals surface area contributed by atoms with Gasteiger partial charge >= 0.3 is 5.97 Å². The Labute approximate surface area is 119 Å². The third-order valence-electron chi connectivity index (χ3n) is 4.10. The van der Waals surface area contributed by atoms with E-state index in [0.717, 1.165) is 26.0 Å². The third-order valence-corrected chi connectivity index (χ3v) is 4.10. The molecule has 2 atom stereocenters. The van der Waals surface area contributed by atoms with Gasteiger partial charge in [-0.05, 0) is 26.7 Å². The molecule has 0 aromatic carbocycles. The summed E-state index contributed by atoms with van der Waals surface area (Å²) in [6.45, 7) is 6.75. The van der Waals surface area contributed by atoms with Crippen LogP contribution in [0.25, 0.3) is 0 Å². The third kappa shape index (κ3) is 3.49. The van der Waals surface area contributed by atoms with Gasteiger partial charge in [0.1, 0.15) is 6.04 Å². The molecule has 2 fully saturated rings. The van der Waals surface area contributed by atoms with Crippen molar-refractivity contribution in [2.45, 2.75) is 51.3 Å². The largest absolute Gasteiger partial charge is 0.481 e. The summed E-state index contributed by atoms with van der Waals surface area (Å²) in [5.41, 5.74) is 0. The molecule has 1 N–H and O–H groups in total. The number of carbonyl (C=O) groups is 2. The zero-order valence-electron chi connectivity index (χ0n) is 12.2. The SMILES string of the molecule is CC(C)N1CCN(CC2CCCO2)C(=O)C1CC(=O)O. The van der Waals surface area contributed by atoms with Crippen molar-refractivity contribution in [2.75, 3.05) is 26.2 Å². The number of carboxylic acids is 1. The lowest BCUT2D eigenvalue weighted by Gasteiger charge is -2.42. The van der Waals surface area contributed by atoms with Crippen molar-refractivity contribution < 1.29 is 19.4 Å². The fraction of sp³-hybridized carbons (Fsp3) is 0.857. The molecular formula is C14H24N2O4. The molecule has 114 valence electrons. The Morgan fingerprint density at radius 1 is 1.45 bits per heavy atom. The summed E-state index contributed by atoms with van der Waals surface area (Å²) in [6.07, 6.45) is 2.03. The molecule has 0 spiro atoms. The van der Waals surface area contributed by atoms with Crippen LogP contribution in [0.15, 0.2) is 0 Å². The predicted octanol–water partition coefficient (Wildman–Crippen LogP) is 0.561. The number of ether oxygens (including phenoxy) is 1. The molecule has 0 radical (unpaired) electrons. The zero-order valence-corrected chi connectivity index (χ0v) is 12.2. The molecule has 20 heavy (non-hydrogen) atoms. The summed E-state index contributed by atoms with van der Waals surface area (Å²) in [6, 6.07) is -0.365. The molecule has 0 aliphatic carbocycles. The average molecular weight is 284 g/mol. The van der Waals surface area contributed by atoms with E-state index in [1.807, 2.05) is 18.7 Å². The van der Waals surface area contributed by atoms with Crippen LogP contribution in [0.2, 0.25) is 0 Å². The van der Waals surface area contributed by atoms with E-state index in [1.165, 1.54) is 0 Å². The number of amides is 1. The Bertz CT molecular complexity index is 366. The van der Waals surface area contributed by atoms with Crippen LogP contribution in [0.4, 0.5) is 0 Å². The molecule has 2 aliphatic heterocycles. The lowest BCUT2D eigenvalue weighted by Crippen LogP contribution is -2.60. The van der Waals surface area contributed by atoms with Crippen LogP contribution in [0.1, 0.15) is 33.1 Å². The number of nitrogens with zero attached hydrogens (tertiary/aromatic N) is 2. The minimum atomic E-state index is -0.923. The lowest BCUT2D eigenvalue weighted by atomic mass is 10.0. The number of piperazine rings is 1. The van der Waals surface area contributed by atoms with E-state index >= 15 is 0 Å². The maximum absolute atomic E-state index is 12.5. The van der Waals surface area contributed by atoms with Crippen LogP contribution >= 0.6 is 0 Å². The molecule has 0 bridgehead atoms. The lowest BCUT2D eigenvalue weighted by molar-refractivity contribution is -0.151. The van der Waals surface area contributed by atoms with Gasteiger partial charge in [-0.3, -0.25) is 14.5 Å². The first-order valence-corrected chi connectivity index (χ1v) is 7.37. The second kappa shape index (κ2) is 6.54. The standard InChI is InChI=1S/C14H24N2O4/c1-10(2)16-6-5-15(9-11-4-3-7-20-11)14(19)12(16)8-13(17)18/h10-12H,3-9H2,1-2H3,(H,17,18). The molecule has 2 unspecified atom stereocenters. The van der Waals surface area contributed by atoms with Crippen LogP contribution in [0.3, 0.4) is 0 Å². The highest BCUT2D eigenvalue weighted by atomic mass is 16.5. The van der Waals surface area contributed by atoms with Gasteiger partial charge in [-0.2, -0.15) is 0 Å². The molecule has 0 aromatic heterocycles. The Morgan fingerprint density at radius 2 is 2.20 bits per heavy atom. The average Bonchev–Trinajstić information content (AvgIpc) is 2.86. The van der Waals surface area contributed by atoms with E-state index in [1.54, 1.807) is 4.90 Å². The quantitative estimate of drug-likeness (QED) is 0.799. The normalized spacial score (nSPS) is 28.4. The Morgan fingerprint density at radius 3 is 2.75 bits per heavy atom. The molecule has 6 nitrogen and oxygen atoms in total. The molecule has 2 saturated heterocycles. The summed E-state index contributed by atoms with van der Waals surface area (Å²) < 4.78 is 5.57. The van der Waals surface area contributed by atoms with Gasteiger partial charge in [0.25, 0.3) is 0 Å². The molecule has 2 rings (SSSR count). The summed E-state index contributed by atoms with van der Waals surface area (Å²) in [4.78, 5) is 27.3. The fourth-order valence-corrected chi connectivity index (χ4v) is 3.06. The maximum Gasteiger partial charge on any atom is 0.305 e. The number of carboxylic acid groups (broad SMARTS) is 1. The smallest absolute Gasteiger partial charge is 0.305 e. The monoisotopic (exact) mass is 284 g/mol. The molecule has 1 amide bonds. The highest BCUT2D eigenvalue weighted by molar-refractivity contribution is 5.87. The highest BCUT2D eigenvalue weighted by Gasteiger charge is 2.38. The van der Waals surface area contributed by atoms with E-state index in [9.17, 15) is 9.59 Å². The summed E-state index contributed by atoms with van der Waals surface area (Å²) in [5.74, 6) is -0.990. The van der Waals surface area contributed by atoms with E-state index < -0.39 is 12.0 Å². The van der Waals surface area contributed by atoms with E-state index in [-0.39, 0.29) is 24.5 Å². The van der Waals surface area contributed by atoms with Gasteiger partial charge < -0.3 is 14.7 Å². The second-order valence-electron chi connectivity index (χ2n) is 5.86. The molecule has 2 heterocycles. The van der Waals surface area contributed by atoms with Crippen molar-refractivity contribution in [3.63, 3.8) is 0 Å². The van der Waals surface area contributed by atoms with Crippen molar-refractivity contribution in [1.29, 1.82) is 0 Å². The highest BCUT2D eigenvalue weighted by Crippen LogP contribution is 2.20. The molecular weight excluding hydrogens is 260 g/mol. The van der Waals surface area contributed by atoms with Crippen molar-refractivity contribution in [3.8, 4) is 0 Å². The first kappa shape index (κ1) is 15.3. The van der Waals surface area contributed by atoms with Crippen LogP contribution in [0, 0.1) is 0 Å². The van der Waals surface area contributed by atoms with Crippen LogP contribution in [-0.4, -0.2) is 71.2 Å². The topological polar surface area (TPSA) is 70.1 Å². The molecule has 6 heteroatoms. The Kier molecular flexibility index (Phi) is 4.99. The van der Waals surface area contributed by atoms with Crippen molar-refractivity contribution in [1.82, 2.24) is 9.80 Å².